The van der Waals surface area contributed by atoms with E-state index in [1.165, 1.54) is 5.56 Å². The molecule has 0 bridgehead atoms. The van der Waals surface area contributed by atoms with Gasteiger partial charge in [0.05, 0.1) is 23.1 Å². The number of benzene rings is 2. The fourth-order valence-corrected chi connectivity index (χ4v) is 3.82. The van der Waals surface area contributed by atoms with Gasteiger partial charge in [-0.15, -0.1) is 0 Å². The first-order chi connectivity index (χ1) is 13.8. The molecule has 1 aliphatic heterocycles. The molecule has 1 amide bonds. The molecular weight excluding hydrogens is 384 g/mol. The molecule has 0 radical (unpaired) electrons. The molecule has 4 rings (SSSR count). The van der Waals surface area contributed by atoms with Crippen molar-refractivity contribution in [1.29, 1.82) is 0 Å². The SMILES string of the molecule is CCc1ccc(NC(=O)c2cnn(-c3ccccc3)c2C2CCNCC2)cc1.[Cl-]. The van der Waals surface area contributed by atoms with E-state index in [-0.39, 0.29) is 18.3 Å². The first-order valence-corrected chi connectivity index (χ1v) is 10.0. The van der Waals surface area contributed by atoms with Gasteiger partial charge in [-0.2, -0.15) is 5.10 Å². The van der Waals surface area contributed by atoms with Crippen LogP contribution < -0.4 is 23.0 Å². The molecule has 6 heteroatoms. The molecule has 3 aromatic rings. The lowest BCUT2D eigenvalue weighted by molar-refractivity contribution is -0.0000134. The lowest BCUT2D eigenvalue weighted by Gasteiger charge is -2.24. The summed E-state index contributed by atoms with van der Waals surface area (Å²) in [7, 11) is 0. The minimum atomic E-state index is -0.0973. The van der Waals surface area contributed by atoms with Gasteiger partial charge in [-0.1, -0.05) is 37.3 Å². The molecule has 152 valence electrons. The Balaban J connectivity index is 0.00000240. The Hall–Kier alpha value is -2.63. The average molecular weight is 410 g/mol. The van der Waals surface area contributed by atoms with E-state index in [9.17, 15) is 4.79 Å². The van der Waals surface area contributed by atoms with Gasteiger partial charge in [-0.05, 0) is 62.2 Å². The molecule has 0 aliphatic carbocycles. The number of halogens is 1. The maximum absolute atomic E-state index is 13.1. The largest absolute Gasteiger partial charge is 1.00 e. The van der Waals surface area contributed by atoms with Gasteiger partial charge < -0.3 is 23.0 Å². The second-order valence-electron chi connectivity index (χ2n) is 7.22. The van der Waals surface area contributed by atoms with Crippen LogP contribution in [0.1, 0.15) is 47.3 Å². The first-order valence-electron chi connectivity index (χ1n) is 10.0. The predicted octanol–water partition coefficient (Wildman–Crippen LogP) is 1.16. The monoisotopic (exact) mass is 409 g/mol. The van der Waals surface area contributed by atoms with Gasteiger partial charge in [0.15, 0.2) is 0 Å². The van der Waals surface area contributed by atoms with Crippen LogP contribution in [0.15, 0.2) is 60.8 Å². The minimum Gasteiger partial charge on any atom is -1.00 e. The number of carbonyl (C=O) groups excluding carboxylic acids is 1. The van der Waals surface area contributed by atoms with Crippen molar-refractivity contribution in [2.24, 2.45) is 0 Å². The maximum Gasteiger partial charge on any atom is 0.259 e. The summed E-state index contributed by atoms with van der Waals surface area (Å²) in [5.74, 6) is 0.215. The topological polar surface area (TPSA) is 59.0 Å². The number of rotatable bonds is 5. The van der Waals surface area contributed by atoms with E-state index >= 15 is 0 Å². The number of anilines is 1. The van der Waals surface area contributed by atoms with E-state index in [0.29, 0.717) is 11.5 Å². The van der Waals surface area contributed by atoms with Crippen LogP contribution in [-0.2, 0) is 6.42 Å². The van der Waals surface area contributed by atoms with Crippen molar-refractivity contribution in [2.75, 3.05) is 18.4 Å². The number of aryl methyl sites for hydroxylation is 1. The number of piperidine rings is 1. The number of nitrogens with zero attached hydrogens (tertiary/aromatic N) is 2. The third-order valence-corrected chi connectivity index (χ3v) is 5.40. The summed E-state index contributed by atoms with van der Waals surface area (Å²) in [4.78, 5) is 13.1. The van der Waals surface area contributed by atoms with Gasteiger partial charge in [0.2, 0.25) is 0 Å². The standard InChI is InChI=1S/C23H26N4O.ClH/c1-2-17-8-10-19(11-9-17)26-23(28)21-16-25-27(20-6-4-3-5-7-20)22(21)18-12-14-24-15-13-18;/h3-11,16,18,24H,2,12-15H2,1H3,(H,26,28);1H/p-1. The third-order valence-electron chi connectivity index (χ3n) is 5.40. The number of nitrogens with one attached hydrogen (secondary N) is 2. The molecule has 5 nitrogen and oxygen atoms in total. The molecule has 0 atom stereocenters. The smallest absolute Gasteiger partial charge is 0.259 e. The molecule has 0 saturated carbocycles. The fourth-order valence-electron chi connectivity index (χ4n) is 3.82. The molecule has 2 heterocycles. The van der Waals surface area contributed by atoms with Crippen LogP contribution in [0.25, 0.3) is 5.69 Å². The quantitative estimate of drug-likeness (QED) is 0.664. The van der Waals surface area contributed by atoms with Crippen molar-refractivity contribution in [3.05, 3.63) is 77.6 Å². The van der Waals surface area contributed by atoms with E-state index in [1.54, 1.807) is 6.20 Å². The molecule has 1 aromatic heterocycles. The Kier molecular flexibility index (Phi) is 7.07. The highest BCUT2D eigenvalue weighted by Gasteiger charge is 2.27. The Labute approximate surface area is 177 Å². The molecule has 1 fully saturated rings. The second-order valence-corrected chi connectivity index (χ2v) is 7.22. The molecule has 29 heavy (non-hydrogen) atoms. The van der Waals surface area contributed by atoms with Gasteiger partial charge in [-0.25, -0.2) is 4.68 Å². The molecule has 2 N–H and O–H groups in total. The zero-order chi connectivity index (χ0) is 19.3. The lowest BCUT2D eigenvalue weighted by Crippen LogP contribution is -3.00. The Morgan fingerprint density at radius 3 is 2.45 bits per heavy atom. The number of aromatic nitrogens is 2. The molecule has 0 unspecified atom stereocenters. The summed E-state index contributed by atoms with van der Waals surface area (Å²) in [6, 6.07) is 18.1. The first kappa shape index (κ1) is 21.1. The number of amides is 1. The molecule has 2 aromatic carbocycles. The van der Waals surface area contributed by atoms with Crippen LogP contribution in [0.2, 0.25) is 0 Å². The third kappa shape index (κ3) is 4.69. The van der Waals surface area contributed by atoms with Gasteiger partial charge in [0.1, 0.15) is 0 Å². The van der Waals surface area contributed by atoms with E-state index in [4.69, 9.17) is 0 Å². The van der Waals surface area contributed by atoms with Crippen molar-refractivity contribution in [2.45, 2.75) is 32.1 Å². The maximum atomic E-state index is 13.1. The summed E-state index contributed by atoms with van der Waals surface area (Å²) < 4.78 is 1.94. The van der Waals surface area contributed by atoms with Crippen LogP contribution >= 0.6 is 0 Å². The minimum absolute atomic E-state index is 0. The number of hydrogen-bond donors (Lipinski definition) is 2. The highest BCUT2D eigenvalue weighted by molar-refractivity contribution is 6.05. The molecule has 1 aliphatic rings. The zero-order valence-electron chi connectivity index (χ0n) is 16.6. The van der Waals surface area contributed by atoms with Gasteiger partial charge in [0, 0.05) is 11.6 Å². The fraction of sp³-hybridized carbons (Fsp3) is 0.304. The highest BCUT2D eigenvalue weighted by Crippen LogP contribution is 2.30. The summed E-state index contributed by atoms with van der Waals surface area (Å²) in [6.07, 6.45) is 4.70. The van der Waals surface area contributed by atoms with Gasteiger partial charge in [0.25, 0.3) is 5.91 Å². The summed E-state index contributed by atoms with van der Waals surface area (Å²) in [6.45, 7) is 4.05. The van der Waals surface area contributed by atoms with Crippen LogP contribution in [0, 0.1) is 0 Å². The highest BCUT2D eigenvalue weighted by atomic mass is 35.5. The van der Waals surface area contributed by atoms with Gasteiger partial charge >= 0.3 is 0 Å². The molecule has 1 saturated heterocycles. The number of para-hydroxylation sites is 1. The number of carbonyl (C=O) groups is 1. The molecule has 0 spiro atoms. The van der Waals surface area contributed by atoms with Crippen molar-refractivity contribution in [3.8, 4) is 5.69 Å². The van der Waals surface area contributed by atoms with Crippen molar-refractivity contribution >= 4 is 11.6 Å². The Morgan fingerprint density at radius 2 is 1.79 bits per heavy atom. The zero-order valence-corrected chi connectivity index (χ0v) is 17.3. The molecular formula is C23H26ClN4O-. The van der Waals surface area contributed by atoms with Crippen molar-refractivity contribution in [1.82, 2.24) is 15.1 Å². The normalized spacial score (nSPS) is 14.2. The number of hydrogen-bond acceptors (Lipinski definition) is 3. The average Bonchev–Trinajstić information content (AvgIpc) is 3.21. The predicted molar refractivity (Wildman–Crippen MR) is 112 cm³/mol. The lowest BCUT2D eigenvalue weighted by atomic mass is 9.91. The van der Waals surface area contributed by atoms with Crippen molar-refractivity contribution < 1.29 is 17.2 Å². The van der Waals surface area contributed by atoms with E-state index in [2.05, 4.69) is 34.8 Å². The second kappa shape index (κ2) is 9.72. The van der Waals surface area contributed by atoms with E-state index in [1.807, 2.05) is 47.1 Å². The van der Waals surface area contributed by atoms with Crippen molar-refractivity contribution in [3.63, 3.8) is 0 Å². The summed E-state index contributed by atoms with van der Waals surface area (Å²) in [5.41, 5.74) is 4.73. The Bertz CT molecular complexity index is 931. The van der Waals surface area contributed by atoms with Gasteiger partial charge in [-0.3, -0.25) is 4.79 Å². The van der Waals surface area contributed by atoms with E-state index < -0.39 is 0 Å². The van der Waals surface area contributed by atoms with Crippen LogP contribution in [0.5, 0.6) is 0 Å². The summed E-state index contributed by atoms with van der Waals surface area (Å²) in [5, 5.41) is 11.0. The van der Waals surface area contributed by atoms with E-state index in [0.717, 1.165) is 49.4 Å². The van der Waals surface area contributed by atoms with Crippen LogP contribution in [0.3, 0.4) is 0 Å². The Morgan fingerprint density at radius 1 is 1.10 bits per heavy atom. The van der Waals surface area contributed by atoms with Crippen LogP contribution in [0.4, 0.5) is 5.69 Å². The summed E-state index contributed by atoms with van der Waals surface area (Å²) >= 11 is 0. The van der Waals surface area contributed by atoms with Crippen LogP contribution in [-0.4, -0.2) is 28.8 Å².